The average molecular weight is 591 g/mol. The number of aromatic nitrogens is 2. The molecule has 0 bridgehead atoms. The number of pyridine rings is 2. The molecular weight excluding hydrogens is 568 g/mol. The second kappa shape index (κ2) is 9.62. The third-order valence-corrected chi connectivity index (χ3v) is 7.84. The van der Waals surface area contributed by atoms with Gasteiger partial charge in [0.1, 0.15) is 12.4 Å². The van der Waals surface area contributed by atoms with Crippen LogP contribution in [0.25, 0.3) is 22.3 Å². The third kappa shape index (κ3) is 4.11. The van der Waals surface area contributed by atoms with Crippen LogP contribution in [0.1, 0.15) is 35.6 Å². The normalized spacial score (nSPS) is 18.2. The van der Waals surface area contributed by atoms with E-state index in [4.69, 9.17) is 19.2 Å². The molecule has 0 fully saturated rings. The molecule has 0 amide bonds. The summed E-state index contributed by atoms with van der Waals surface area (Å²) in [6, 6.07) is 18.2. The molecule has 0 aliphatic carbocycles. The summed E-state index contributed by atoms with van der Waals surface area (Å²) < 4.78 is 18.7. The van der Waals surface area contributed by atoms with E-state index < -0.39 is 23.8 Å². The number of hydrogen-bond donors (Lipinski definition) is 1. The maximum absolute atomic E-state index is 13.7. The first-order valence-electron chi connectivity index (χ1n) is 12.4. The molecule has 39 heavy (non-hydrogen) atoms. The number of ether oxygens (including phenoxy) is 3. The standard InChI is InChI=1S/C29H23BrN2O7/c1-2-29(39-27(26(34)35)38-19-8-5-6-16(10-19)13-30)21-12-23-24-18(11-17-7-3-4-9-22(17)31-24)14-32(23)25(33)20(21)15-37-28(29)36/h3-12,27H,2,13-15H2,1H3,(H,34,35)/t27?,29-/m0/s1. The number of cyclic esters (lactones) is 1. The van der Waals surface area contributed by atoms with Gasteiger partial charge >= 0.3 is 18.2 Å². The van der Waals surface area contributed by atoms with Crippen LogP contribution < -0.4 is 10.3 Å². The predicted octanol–water partition coefficient (Wildman–Crippen LogP) is 4.49. The maximum Gasteiger partial charge on any atom is 0.373 e. The molecule has 2 aromatic carbocycles. The summed E-state index contributed by atoms with van der Waals surface area (Å²) in [4.78, 5) is 44.1. The van der Waals surface area contributed by atoms with Crippen molar-refractivity contribution in [2.24, 2.45) is 0 Å². The van der Waals surface area contributed by atoms with Crippen molar-refractivity contribution in [3.05, 3.63) is 93.3 Å². The van der Waals surface area contributed by atoms with Gasteiger partial charge in [0.05, 0.1) is 29.0 Å². The lowest BCUT2D eigenvalue weighted by Crippen LogP contribution is -2.50. The van der Waals surface area contributed by atoms with E-state index in [1.165, 1.54) is 0 Å². The summed E-state index contributed by atoms with van der Waals surface area (Å²) in [5, 5.41) is 11.5. The number of nitrogens with zero attached hydrogens (tertiary/aromatic N) is 2. The number of carbonyl (C=O) groups excluding carboxylic acids is 1. The van der Waals surface area contributed by atoms with Crippen molar-refractivity contribution >= 4 is 38.8 Å². The Morgan fingerprint density at radius 2 is 2.00 bits per heavy atom. The first kappa shape index (κ1) is 25.3. The number of fused-ring (bicyclic) bond motifs is 5. The molecule has 6 rings (SSSR count). The molecule has 2 aliphatic rings. The Balaban J connectivity index is 1.47. The predicted molar refractivity (Wildman–Crippen MR) is 145 cm³/mol. The fourth-order valence-electron chi connectivity index (χ4n) is 5.24. The van der Waals surface area contributed by atoms with Gasteiger partial charge in [-0.15, -0.1) is 0 Å². The number of carboxylic acids is 1. The van der Waals surface area contributed by atoms with Crippen LogP contribution in [-0.4, -0.2) is 32.9 Å². The Bertz CT molecular complexity index is 1720. The minimum atomic E-state index is -1.88. The van der Waals surface area contributed by atoms with E-state index in [0.717, 1.165) is 22.0 Å². The Labute approximate surface area is 231 Å². The van der Waals surface area contributed by atoms with Crippen molar-refractivity contribution in [2.75, 3.05) is 0 Å². The van der Waals surface area contributed by atoms with Crippen LogP contribution >= 0.6 is 15.9 Å². The summed E-state index contributed by atoms with van der Waals surface area (Å²) in [6.45, 7) is 1.76. The zero-order valence-electron chi connectivity index (χ0n) is 20.8. The van der Waals surface area contributed by atoms with Gasteiger partial charge in [-0.05, 0) is 42.3 Å². The van der Waals surface area contributed by atoms with Crippen molar-refractivity contribution in [1.82, 2.24) is 9.55 Å². The summed E-state index contributed by atoms with van der Waals surface area (Å²) in [5.74, 6) is -1.95. The van der Waals surface area contributed by atoms with Gasteiger partial charge in [-0.2, -0.15) is 0 Å². The van der Waals surface area contributed by atoms with Crippen molar-refractivity contribution < 1.29 is 28.9 Å². The lowest BCUT2D eigenvalue weighted by atomic mass is 9.85. The fourth-order valence-corrected chi connectivity index (χ4v) is 5.59. The van der Waals surface area contributed by atoms with Gasteiger partial charge in [0.25, 0.3) is 5.56 Å². The Morgan fingerprint density at radius 3 is 2.77 bits per heavy atom. The van der Waals surface area contributed by atoms with Crippen LogP contribution in [0.2, 0.25) is 0 Å². The number of halogens is 1. The summed E-state index contributed by atoms with van der Waals surface area (Å²) in [6.07, 6.45) is -1.84. The highest BCUT2D eigenvalue weighted by molar-refractivity contribution is 9.08. The minimum absolute atomic E-state index is 0.00825. The van der Waals surface area contributed by atoms with Crippen molar-refractivity contribution in [3.8, 4) is 17.1 Å². The summed E-state index contributed by atoms with van der Waals surface area (Å²) >= 11 is 3.37. The Morgan fingerprint density at radius 1 is 1.18 bits per heavy atom. The third-order valence-electron chi connectivity index (χ3n) is 7.19. The van der Waals surface area contributed by atoms with E-state index in [0.29, 0.717) is 23.3 Å². The molecule has 2 aliphatic heterocycles. The Hall–Kier alpha value is -4.02. The van der Waals surface area contributed by atoms with E-state index in [9.17, 15) is 19.5 Å². The molecular formula is C29H23BrN2O7. The minimum Gasteiger partial charge on any atom is -0.477 e. The van der Waals surface area contributed by atoms with Crippen molar-refractivity contribution in [1.29, 1.82) is 0 Å². The second-order valence-electron chi connectivity index (χ2n) is 9.45. The molecule has 0 radical (unpaired) electrons. The number of alkyl halides is 1. The largest absolute Gasteiger partial charge is 0.477 e. The zero-order chi connectivity index (χ0) is 27.3. The molecule has 2 aromatic heterocycles. The van der Waals surface area contributed by atoms with E-state index in [-0.39, 0.29) is 35.5 Å². The maximum atomic E-state index is 13.7. The summed E-state index contributed by atoms with van der Waals surface area (Å²) in [5.41, 5.74) is 1.98. The Kier molecular flexibility index (Phi) is 6.23. The quantitative estimate of drug-likeness (QED) is 0.167. The molecule has 2 atom stereocenters. The van der Waals surface area contributed by atoms with Crippen LogP contribution in [0, 0.1) is 0 Å². The van der Waals surface area contributed by atoms with Gasteiger partial charge in [-0.1, -0.05) is 53.2 Å². The highest BCUT2D eigenvalue weighted by atomic mass is 79.9. The smallest absolute Gasteiger partial charge is 0.373 e. The highest BCUT2D eigenvalue weighted by Gasteiger charge is 2.51. The summed E-state index contributed by atoms with van der Waals surface area (Å²) in [7, 11) is 0. The van der Waals surface area contributed by atoms with Crippen LogP contribution in [0.3, 0.4) is 0 Å². The number of benzene rings is 2. The number of rotatable bonds is 7. The molecule has 4 heterocycles. The molecule has 198 valence electrons. The first-order valence-corrected chi connectivity index (χ1v) is 13.5. The van der Waals surface area contributed by atoms with Gasteiger partial charge < -0.3 is 23.9 Å². The number of carbonyl (C=O) groups is 2. The van der Waals surface area contributed by atoms with Crippen LogP contribution in [0.4, 0.5) is 0 Å². The van der Waals surface area contributed by atoms with Gasteiger partial charge in [0, 0.05) is 21.8 Å². The van der Waals surface area contributed by atoms with Gasteiger partial charge in [0.15, 0.2) is 5.60 Å². The van der Waals surface area contributed by atoms with Gasteiger partial charge in [0.2, 0.25) is 0 Å². The SMILES string of the molecule is CC[C@@]1(OC(Oc2cccc(CBr)c2)C(=O)O)C(=O)OCc2c1cc1n(c2=O)Cc2cc3ccccc3nc2-1. The molecule has 9 nitrogen and oxygen atoms in total. The van der Waals surface area contributed by atoms with E-state index in [1.807, 2.05) is 36.4 Å². The lowest BCUT2D eigenvalue weighted by Gasteiger charge is -2.37. The topological polar surface area (TPSA) is 117 Å². The average Bonchev–Trinajstić information content (AvgIpc) is 3.30. The number of para-hydroxylation sites is 1. The number of carboxylic acid groups (broad SMARTS) is 1. The highest BCUT2D eigenvalue weighted by Crippen LogP contribution is 2.41. The molecule has 0 saturated carbocycles. The molecule has 4 aromatic rings. The van der Waals surface area contributed by atoms with Crippen LogP contribution in [0.5, 0.6) is 5.75 Å². The molecule has 10 heteroatoms. The molecule has 1 unspecified atom stereocenters. The van der Waals surface area contributed by atoms with Crippen molar-refractivity contribution in [2.45, 2.75) is 43.7 Å². The van der Waals surface area contributed by atoms with Crippen LogP contribution in [0.15, 0.2) is 65.5 Å². The fraction of sp³-hybridized carbons (Fsp3) is 0.241. The second-order valence-corrected chi connectivity index (χ2v) is 10.0. The first-order chi connectivity index (χ1) is 18.8. The van der Waals surface area contributed by atoms with Crippen molar-refractivity contribution in [3.63, 3.8) is 0 Å². The number of hydrogen-bond acceptors (Lipinski definition) is 7. The number of aliphatic carboxylic acids is 1. The lowest BCUT2D eigenvalue weighted by molar-refractivity contribution is -0.220. The zero-order valence-corrected chi connectivity index (χ0v) is 22.4. The molecule has 0 spiro atoms. The van der Waals surface area contributed by atoms with Crippen LogP contribution in [-0.2, 0) is 43.1 Å². The molecule has 1 N–H and O–H groups in total. The van der Waals surface area contributed by atoms with E-state index >= 15 is 0 Å². The van der Waals surface area contributed by atoms with Gasteiger partial charge in [-0.3, -0.25) is 4.79 Å². The van der Waals surface area contributed by atoms with E-state index in [1.54, 1.807) is 35.8 Å². The number of esters is 1. The monoisotopic (exact) mass is 590 g/mol. The molecule has 0 saturated heterocycles. The van der Waals surface area contributed by atoms with E-state index in [2.05, 4.69) is 15.9 Å². The van der Waals surface area contributed by atoms with Gasteiger partial charge in [-0.25, -0.2) is 14.6 Å².